The van der Waals surface area contributed by atoms with Gasteiger partial charge in [-0.2, -0.15) is 0 Å². The topological polar surface area (TPSA) is 46.6 Å². The van der Waals surface area contributed by atoms with Crippen LogP contribution in [0.4, 0.5) is 0 Å². The number of fused-ring (bicyclic) bond motifs is 5. The zero-order valence-corrected chi connectivity index (χ0v) is 8.98. The molecule has 2 saturated heterocycles. The van der Waals surface area contributed by atoms with Gasteiger partial charge in [-0.3, -0.25) is 14.5 Å². The van der Waals surface area contributed by atoms with Crippen LogP contribution in [-0.2, 0) is 14.3 Å². The zero-order chi connectivity index (χ0) is 11.0. The van der Waals surface area contributed by atoms with Crippen molar-refractivity contribution in [1.29, 1.82) is 0 Å². The third-order valence-corrected chi connectivity index (χ3v) is 3.95. The number of carbonyl (C=O) groups is 2. The Bertz CT molecular complexity index is 380. The summed E-state index contributed by atoms with van der Waals surface area (Å²) < 4.78 is 5.82. The molecule has 0 N–H and O–H groups in total. The van der Waals surface area contributed by atoms with Crippen LogP contribution in [-0.4, -0.2) is 35.0 Å². The van der Waals surface area contributed by atoms with Crippen molar-refractivity contribution in [1.82, 2.24) is 4.90 Å². The molecule has 15 heavy (non-hydrogen) atoms. The van der Waals surface area contributed by atoms with E-state index in [1.807, 2.05) is 26.0 Å². The van der Waals surface area contributed by atoms with Crippen LogP contribution in [0.2, 0.25) is 0 Å². The molecule has 3 rings (SSSR count). The van der Waals surface area contributed by atoms with Gasteiger partial charge in [0.15, 0.2) is 0 Å². The number of imide groups is 1. The summed E-state index contributed by atoms with van der Waals surface area (Å²) in [5.41, 5.74) is -1.17. The lowest BCUT2D eigenvalue weighted by molar-refractivity contribution is -0.144. The minimum Gasteiger partial charge on any atom is -0.359 e. The van der Waals surface area contributed by atoms with Crippen molar-refractivity contribution < 1.29 is 14.3 Å². The predicted octanol–water partition coefficient (Wildman–Crippen LogP) is 0.335. The molecule has 0 saturated carbocycles. The first-order chi connectivity index (χ1) is 6.89. The summed E-state index contributed by atoms with van der Waals surface area (Å²) in [6.07, 6.45) is 3.83. The summed E-state index contributed by atoms with van der Waals surface area (Å²) in [6.45, 7) is 3.76. The number of amides is 2. The minimum absolute atomic E-state index is 0.111. The Morgan fingerprint density at radius 2 is 1.53 bits per heavy atom. The van der Waals surface area contributed by atoms with Crippen molar-refractivity contribution in [3.05, 3.63) is 12.2 Å². The predicted molar refractivity (Wildman–Crippen MR) is 51.8 cm³/mol. The highest BCUT2D eigenvalue weighted by Gasteiger charge is 2.69. The molecule has 2 bridgehead atoms. The fourth-order valence-corrected chi connectivity index (χ4v) is 3.17. The average molecular weight is 207 g/mol. The molecule has 0 unspecified atom stereocenters. The molecule has 0 spiro atoms. The Morgan fingerprint density at radius 1 is 1.13 bits per heavy atom. The van der Waals surface area contributed by atoms with Gasteiger partial charge in [0, 0.05) is 7.05 Å². The Balaban J connectivity index is 2.18. The number of hydrogen-bond acceptors (Lipinski definition) is 3. The maximum Gasteiger partial charge on any atom is 0.236 e. The molecular formula is C11H13NO3. The molecule has 0 aromatic rings. The fourth-order valence-electron chi connectivity index (χ4n) is 3.17. The Hall–Kier alpha value is -1.16. The monoisotopic (exact) mass is 207 g/mol. The Kier molecular flexibility index (Phi) is 1.31. The fraction of sp³-hybridized carbons (Fsp3) is 0.636. The first-order valence-electron chi connectivity index (χ1n) is 5.11. The van der Waals surface area contributed by atoms with E-state index in [4.69, 9.17) is 4.74 Å². The average Bonchev–Trinajstić information content (AvgIpc) is 2.67. The molecule has 4 heteroatoms. The van der Waals surface area contributed by atoms with Gasteiger partial charge in [0.2, 0.25) is 11.8 Å². The summed E-state index contributed by atoms with van der Waals surface area (Å²) in [4.78, 5) is 25.1. The third kappa shape index (κ3) is 0.785. The molecule has 0 aromatic heterocycles. The van der Waals surface area contributed by atoms with E-state index >= 15 is 0 Å². The van der Waals surface area contributed by atoms with Crippen LogP contribution < -0.4 is 0 Å². The van der Waals surface area contributed by atoms with Gasteiger partial charge in [0.05, 0.1) is 23.0 Å². The molecule has 4 nitrogen and oxygen atoms in total. The van der Waals surface area contributed by atoms with Crippen molar-refractivity contribution in [3.8, 4) is 0 Å². The highest BCUT2D eigenvalue weighted by Crippen LogP contribution is 2.56. The molecule has 3 aliphatic heterocycles. The summed E-state index contributed by atoms with van der Waals surface area (Å²) in [5, 5.41) is 0. The molecule has 4 atom stereocenters. The van der Waals surface area contributed by atoms with Crippen LogP contribution in [0, 0.1) is 11.8 Å². The van der Waals surface area contributed by atoms with E-state index in [0.717, 1.165) is 0 Å². The molecule has 2 fully saturated rings. The molecule has 2 amide bonds. The van der Waals surface area contributed by atoms with E-state index in [1.165, 1.54) is 4.90 Å². The number of rotatable bonds is 0. The van der Waals surface area contributed by atoms with Crippen molar-refractivity contribution >= 4 is 11.8 Å². The van der Waals surface area contributed by atoms with Gasteiger partial charge in [-0.1, -0.05) is 12.2 Å². The van der Waals surface area contributed by atoms with Gasteiger partial charge in [-0.05, 0) is 13.8 Å². The first kappa shape index (κ1) is 9.09. The van der Waals surface area contributed by atoms with E-state index in [1.54, 1.807) is 7.05 Å². The molecule has 80 valence electrons. The SMILES string of the molecule is CN1C(=O)[C@@H]2[C@H](C1=O)[C@@]1(C)C=C[C@@]2(C)O1. The first-order valence-corrected chi connectivity index (χ1v) is 5.11. The Labute approximate surface area is 87.9 Å². The molecule has 0 aliphatic carbocycles. The smallest absolute Gasteiger partial charge is 0.236 e. The molecular weight excluding hydrogens is 194 g/mol. The number of carbonyl (C=O) groups excluding carboxylic acids is 2. The Morgan fingerprint density at radius 3 is 1.93 bits per heavy atom. The highest BCUT2D eigenvalue weighted by atomic mass is 16.5. The minimum atomic E-state index is -0.586. The standard InChI is InChI=1S/C11H13NO3/c1-10-4-5-11(2,15-10)7-6(10)8(13)12(3)9(7)14/h4-7H,1-3H3/t6-,7+,10-,11-/m1/s1. The second kappa shape index (κ2) is 2.16. The normalized spacial score (nSPS) is 51.8. The van der Waals surface area contributed by atoms with E-state index < -0.39 is 11.2 Å². The van der Waals surface area contributed by atoms with Crippen LogP contribution in [0.25, 0.3) is 0 Å². The lowest BCUT2D eigenvalue weighted by Gasteiger charge is -2.23. The number of likely N-dealkylation sites (tertiary alicyclic amines) is 1. The number of hydrogen-bond donors (Lipinski definition) is 0. The molecule has 3 heterocycles. The lowest BCUT2D eigenvalue weighted by atomic mass is 9.73. The van der Waals surface area contributed by atoms with Crippen LogP contribution in [0.15, 0.2) is 12.2 Å². The van der Waals surface area contributed by atoms with Crippen molar-refractivity contribution in [2.75, 3.05) is 7.05 Å². The van der Waals surface area contributed by atoms with Gasteiger partial charge < -0.3 is 4.74 Å². The number of nitrogens with zero attached hydrogens (tertiary/aromatic N) is 1. The lowest BCUT2D eigenvalue weighted by Crippen LogP contribution is -2.37. The van der Waals surface area contributed by atoms with Crippen molar-refractivity contribution in [2.24, 2.45) is 11.8 Å². The quantitative estimate of drug-likeness (QED) is 0.425. The van der Waals surface area contributed by atoms with Gasteiger partial charge >= 0.3 is 0 Å². The van der Waals surface area contributed by atoms with Gasteiger partial charge in [-0.25, -0.2) is 0 Å². The zero-order valence-electron chi connectivity index (χ0n) is 8.98. The summed E-state index contributed by atoms with van der Waals surface area (Å²) in [5.74, 6) is -0.879. The molecule has 0 radical (unpaired) electrons. The summed E-state index contributed by atoms with van der Waals surface area (Å²) in [6, 6.07) is 0. The summed E-state index contributed by atoms with van der Waals surface area (Å²) >= 11 is 0. The third-order valence-electron chi connectivity index (χ3n) is 3.95. The van der Waals surface area contributed by atoms with Crippen LogP contribution in [0.1, 0.15) is 13.8 Å². The summed E-state index contributed by atoms with van der Waals surface area (Å²) in [7, 11) is 1.55. The van der Waals surface area contributed by atoms with Gasteiger partial charge in [0.1, 0.15) is 0 Å². The van der Waals surface area contributed by atoms with Crippen LogP contribution in [0.5, 0.6) is 0 Å². The molecule has 0 aromatic carbocycles. The second-order valence-electron chi connectivity index (χ2n) is 4.99. The maximum absolute atomic E-state index is 11.9. The largest absolute Gasteiger partial charge is 0.359 e. The van der Waals surface area contributed by atoms with E-state index in [-0.39, 0.29) is 23.7 Å². The van der Waals surface area contributed by atoms with Crippen LogP contribution in [0.3, 0.4) is 0 Å². The highest BCUT2D eigenvalue weighted by molar-refractivity contribution is 6.07. The van der Waals surface area contributed by atoms with Gasteiger partial charge in [0.25, 0.3) is 0 Å². The van der Waals surface area contributed by atoms with Crippen molar-refractivity contribution in [2.45, 2.75) is 25.0 Å². The second-order valence-corrected chi connectivity index (χ2v) is 4.99. The van der Waals surface area contributed by atoms with Crippen LogP contribution >= 0.6 is 0 Å². The van der Waals surface area contributed by atoms with Gasteiger partial charge in [-0.15, -0.1) is 0 Å². The van der Waals surface area contributed by atoms with E-state index in [2.05, 4.69) is 0 Å². The van der Waals surface area contributed by atoms with Crippen molar-refractivity contribution in [3.63, 3.8) is 0 Å². The van der Waals surface area contributed by atoms with E-state index in [0.29, 0.717) is 0 Å². The van der Waals surface area contributed by atoms with E-state index in [9.17, 15) is 9.59 Å². The molecule has 3 aliphatic rings. The maximum atomic E-state index is 11.9. The number of ether oxygens (including phenoxy) is 1.